The van der Waals surface area contributed by atoms with Crippen molar-refractivity contribution in [2.45, 2.75) is 65.1 Å². The van der Waals surface area contributed by atoms with Gasteiger partial charge in [-0.1, -0.05) is 68.5 Å². The summed E-state index contributed by atoms with van der Waals surface area (Å²) >= 11 is 0. The molecule has 0 aliphatic carbocycles. The summed E-state index contributed by atoms with van der Waals surface area (Å²) in [5, 5.41) is 3.22. The van der Waals surface area contributed by atoms with Gasteiger partial charge in [-0.25, -0.2) is 18.6 Å². The number of likely N-dealkylation sites (tertiary alicyclic amines) is 1. The number of hydrogen-bond acceptors (Lipinski definition) is 4. The van der Waals surface area contributed by atoms with Crippen molar-refractivity contribution < 1.29 is 23.1 Å². The molecule has 4 aromatic rings. The van der Waals surface area contributed by atoms with E-state index < -0.39 is 28.7 Å². The minimum Gasteiger partial charge on any atom is -0.444 e. The van der Waals surface area contributed by atoms with E-state index in [0.29, 0.717) is 37.4 Å². The van der Waals surface area contributed by atoms with E-state index in [1.54, 1.807) is 23.2 Å². The summed E-state index contributed by atoms with van der Waals surface area (Å²) in [6.45, 7) is 14.8. The van der Waals surface area contributed by atoms with Crippen LogP contribution >= 0.6 is 0 Å². The van der Waals surface area contributed by atoms with Crippen molar-refractivity contribution in [3.05, 3.63) is 126 Å². The Bertz CT molecular complexity index is 1760. The number of hydrogen-bond donors (Lipinski definition) is 1. The Labute approximate surface area is 275 Å². The summed E-state index contributed by atoms with van der Waals surface area (Å²) in [6.07, 6.45) is 3.76. The maximum absolute atomic E-state index is 15.0. The average molecular weight is 641 g/mol. The fourth-order valence-corrected chi connectivity index (χ4v) is 5.87. The third-order valence-electron chi connectivity index (χ3n) is 8.50. The van der Waals surface area contributed by atoms with Crippen molar-refractivity contribution >= 4 is 12.0 Å². The van der Waals surface area contributed by atoms with Gasteiger partial charge in [-0.3, -0.25) is 4.79 Å². The highest BCUT2D eigenvalue weighted by Gasteiger charge is 2.36. The van der Waals surface area contributed by atoms with Crippen molar-refractivity contribution in [2.24, 2.45) is 5.41 Å². The van der Waals surface area contributed by atoms with E-state index in [0.717, 1.165) is 29.3 Å². The van der Waals surface area contributed by atoms with Crippen LogP contribution in [0.15, 0.2) is 91.6 Å². The lowest BCUT2D eigenvalue weighted by Crippen LogP contribution is -2.39. The van der Waals surface area contributed by atoms with Crippen LogP contribution in [-0.2, 0) is 11.3 Å². The Morgan fingerprint density at radius 1 is 1.04 bits per heavy atom. The van der Waals surface area contributed by atoms with Crippen molar-refractivity contribution in [1.82, 2.24) is 19.8 Å². The highest BCUT2D eigenvalue weighted by molar-refractivity contribution is 5.96. The van der Waals surface area contributed by atoms with Gasteiger partial charge in [0.15, 0.2) is 0 Å². The average Bonchev–Trinajstić information content (AvgIpc) is 3.69. The molecule has 1 saturated heterocycles. The molecule has 0 saturated carbocycles. The number of benzene rings is 3. The first kappa shape index (κ1) is 33.6. The predicted molar refractivity (Wildman–Crippen MR) is 179 cm³/mol. The van der Waals surface area contributed by atoms with E-state index >= 15 is 0 Å². The Morgan fingerprint density at radius 2 is 1.74 bits per heavy atom. The van der Waals surface area contributed by atoms with E-state index in [-0.39, 0.29) is 29.2 Å². The van der Waals surface area contributed by atoms with Crippen LogP contribution < -0.4 is 5.32 Å². The van der Waals surface area contributed by atoms with Gasteiger partial charge in [0.05, 0.1) is 11.7 Å². The molecular formula is C38H42F2N4O3. The summed E-state index contributed by atoms with van der Waals surface area (Å²) in [4.78, 5) is 33.5. The summed E-state index contributed by atoms with van der Waals surface area (Å²) in [6, 6.07) is 19.7. The topological polar surface area (TPSA) is 76.5 Å². The highest BCUT2D eigenvalue weighted by atomic mass is 19.1. The number of imidazole rings is 1. The molecule has 1 aliphatic heterocycles. The number of carbonyl (C=O) groups is 2. The molecule has 47 heavy (non-hydrogen) atoms. The highest BCUT2D eigenvalue weighted by Crippen LogP contribution is 2.37. The number of nitrogens with one attached hydrogen (secondary N) is 1. The Morgan fingerprint density at radius 3 is 2.45 bits per heavy atom. The van der Waals surface area contributed by atoms with Crippen molar-refractivity contribution in [3.63, 3.8) is 0 Å². The number of nitrogens with zero attached hydrogens (tertiary/aromatic N) is 3. The molecule has 246 valence electrons. The number of amides is 2. The Kier molecular flexibility index (Phi) is 9.65. The maximum Gasteiger partial charge on any atom is 0.410 e. The number of aromatic nitrogens is 2. The normalized spacial score (nSPS) is 15.7. The fourth-order valence-electron chi connectivity index (χ4n) is 5.87. The van der Waals surface area contributed by atoms with Gasteiger partial charge >= 0.3 is 6.09 Å². The van der Waals surface area contributed by atoms with Crippen LogP contribution in [0.4, 0.5) is 13.6 Å². The van der Waals surface area contributed by atoms with Crippen LogP contribution in [-0.4, -0.2) is 45.1 Å². The zero-order valence-corrected chi connectivity index (χ0v) is 27.6. The van der Waals surface area contributed by atoms with Gasteiger partial charge < -0.3 is 19.5 Å². The smallest absolute Gasteiger partial charge is 0.410 e. The number of carbonyl (C=O) groups excluding carboxylic acids is 2. The van der Waals surface area contributed by atoms with Crippen LogP contribution in [0.3, 0.4) is 0 Å². The zero-order chi connectivity index (χ0) is 33.9. The first-order chi connectivity index (χ1) is 22.3. The third kappa shape index (κ3) is 7.79. The third-order valence-corrected chi connectivity index (χ3v) is 8.50. The molecule has 1 aliphatic rings. The van der Waals surface area contributed by atoms with E-state index in [4.69, 9.17) is 9.72 Å². The van der Waals surface area contributed by atoms with Gasteiger partial charge in [-0.2, -0.15) is 0 Å². The minimum absolute atomic E-state index is 0.0284. The standard InChI is InChI=1S/C38H42F2N4O3/c1-7-38(5,6)33(34-41-32(30-21-27(39)17-18-31(30)40)24-44(34)22-25-13-9-8-10-14-25)42-35(45)29-16-12-11-15-28(29)26-19-20-43(23-26)36(46)47-37(2,3)4/h7-18,21,24,26,33H,1,19-20,22-23H2,2-6H3,(H,42,45). The lowest BCUT2D eigenvalue weighted by atomic mass is 9.83. The second-order valence-electron chi connectivity index (χ2n) is 13.7. The number of ether oxygens (including phenoxy) is 1. The zero-order valence-electron chi connectivity index (χ0n) is 27.6. The van der Waals surface area contributed by atoms with E-state index in [1.807, 2.05) is 87.7 Å². The van der Waals surface area contributed by atoms with Gasteiger partial charge in [-0.05, 0) is 62.6 Å². The first-order valence-corrected chi connectivity index (χ1v) is 15.8. The lowest BCUT2D eigenvalue weighted by Gasteiger charge is -2.32. The van der Waals surface area contributed by atoms with Crippen LogP contribution in [0.2, 0.25) is 0 Å². The molecule has 1 fully saturated rings. The van der Waals surface area contributed by atoms with Gasteiger partial charge in [-0.15, -0.1) is 6.58 Å². The molecule has 3 aromatic carbocycles. The van der Waals surface area contributed by atoms with Crippen LogP contribution in [0.25, 0.3) is 11.3 Å². The summed E-state index contributed by atoms with van der Waals surface area (Å²) in [5.41, 5.74) is 1.27. The van der Waals surface area contributed by atoms with Gasteiger partial charge in [0.2, 0.25) is 0 Å². The predicted octanol–water partition coefficient (Wildman–Crippen LogP) is 8.28. The molecule has 2 amide bonds. The lowest BCUT2D eigenvalue weighted by molar-refractivity contribution is 0.0292. The molecule has 0 radical (unpaired) electrons. The van der Waals surface area contributed by atoms with Gasteiger partial charge in [0, 0.05) is 48.3 Å². The van der Waals surface area contributed by atoms with Crippen molar-refractivity contribution in [1.29, 1.82) is 0 Å². The molecule has 0 bridgehead atoms. The summed E-state index contributed by atoms with van der Waals surface area (Å²) in [7, 11) is 0. The number of halogens is 2. The van der Waals surface area contributed by atoms with Crippen LogP contribution in [0, 0.1) is 17.0 Å². The number of rotatable bonds is 9. The maximum atomic E-state index is 15.0. The van der Waals surface area contributed by atoms with Crippen molar-refractivity contribution in [2.75, 3.05) is 13.1 Å². The first-order valence-electron chi connectivity index (χ1n) is 15.8. The van der Waals surface area contributed by atoms with Gasteiger partial charge in [0.25, 0.3) is 5.91 Å². The second-order valence-corrected chi connectivity index (χ2v) is 13.7. The summed E-state index contributed by atoms with van der Waals surface area (Å²) < 4.78 is 36.7. The summed E-state index contributed by atoms with van der Waals surface area (Å²) in [5.74, 6) is -1.08. The fraction of sp³-hybridized carbons (Fsp3) is 0.342. The molecule has 7 nitrogen and oxygen atoms in total. The van der Waals surface area contributed by atoms with E-state index in [2.05, 4.69) is 11.9 Å². The molecule has 2 atom stereocenters. The molecule has 2 heterocycles. The van der Waals surface area contributed by atoms with Gasteiger partial charge in [0.1, 0.15) is 23.1 Å². The Balaban J connectivity index is 1.50. The molecular weight excluding hydrogens is 598 g/mol. The largest absolute Gasteiger partial charge is 0.444 e. The molecule has 0 spiro atoms. The molecule has 5 rings (SSSR count). The van der Waals surface area contributed by atoms with Crippen molar-refractivity contribution in [3.8, 4) is 11.3 Å². The molecule has 9 heteroatoms. The molecule has 1 N–H and O–H groups in total. The Hall–Kier alpha value is -4.79. The van der Waals surface area contributed by atoms with Crippen LogP contribution in [0.1, 0.15) is 80.3 Å². The molecule has 1 aromatic heterocycles. The van der Waals surface area contributed by atoms with E-state index in [1.165, 1.54) is 0 Å². The minimum atomic E-state index is -0.705. The molecule has 2 unspecified atom stereocenters. The second kappa shape index (κ2) is 13.5. The quantitative estimate of drug-likeness (QED) is 0.187. The van der Waals surface area contributed by atoms with E-state index in [9.17, 15) is 18.4 Å². The van der Waals surface area contributed by atoms with Crippen LogP contribution in [0.5, 0.6) is 0 Å². The SMILES string of the molecule is C=CC(C)(C)C(NC(=O)c1ccccc1C1CCN(C(=O)OC(C)(C)C)C1)c1nc(-c2cc(F)ccc2F)cn1Cc1ccccc1. The monoisotopic (exact) mass is 640 g/mol.